The van der Waals surface area contributed by atoms with Gasteiger partial charge in [0.1, 0.15) is 0 Å². The van der Waals surface area contributed by atoms with Crippen LogP contribution in [0.2, 0.25) is 0 Å². The highest BCUT2D eigenvalue weighted by molar-refractivity contribution is 4.97. The highest BCUT2D eigenvalue weighted by Crippen LogP contribution is 2.08. The molecule has 0 saturated carbocycles. The number of aromatic nitrogens is 2. The summed E-state index contributed by atoms with van der Waals surface area (Å²) in [5.74, 6) is -0.911. The second-order valence-corrected chi connectivity index (χ2v) is 6.63. The van der Waals surface area contributed by atoms with Crippen molar-refractivity contribution in [3.8, 4) is 0 Å². The maximum absolute atomic E-state index is 13.2. The minimum Gasteiger partial charge on any atom is -0.298 e. The maximum Gasteiger partial charge on any atom is 0.328 e. The van der Waals surface area contributed by atoms with Gasteiger partial charge in [0.05, 0.1) is 6.20 Å². The molecule has 1 aromatic rings. The first kappa shape index (κ1) is 22.9. The van der Waals surface area contributed by atoms with Gasteiger partial charge in [-0.2, -0.15) is 4.39 Å². The van der Waals surface area contributed by atoms with E-state index in [1.165, 1.54) is 23.8 Å². The molecule has 1 rings (SSSR count). The Labute approximate surface area is 161 Å². The average molecular weight is 377 g/mol. The molecule has 0 aromatic carbocycles. The standard InChI is InChI=1S/C22H33FN2O2/c1-2-3-4-5-6-7-8-9-10-11-12-13-14-15-16-17-18-25-19-20(23)21(26)24-22(25)27/h3-4,6-7,9-10,19H,2,5,8,11-18H2,1H3,(H,24,26,27)/b4-3-,7-6-,10-9-. The molecule has 0 radical (unpaired) electrons. The van der Waals surface area contributed by atoms with Crippen molar-refractivity contribution in [3.05, 3.63) is 69.3 Å². The van der Waals surface area contributed by atoms with Crippen LogP contribution in [0, 0.1) is 5.82 Å². The van der Waals surface area contributed by atoms with Crippen LogP contribution in [0.25, 0.3) is 0 Å². The number of unbranched alkanes of at least 4 members (excludes halogenated alkanes) is 6. The monoisotopic (exact) mass is 376 g/mol. The van der Waals surface area contributed by atoms with E-state index in [1.54, 1.807) is 0 Å². The predicted molar refractivity (Wildman–Crippen MR) is 111 cm³/mol. The zero-order chi connectivity index (χ0) is 19.7. The molecule has 5 heteroatoms. The molecule has 0 aliphatic heterocycles. The molecule has 27 heavy (non-hydrogen) atoms. The van der Waals surface area contributed by atoms with Gasteiger partial charge in [-0.15, -0.1) is 0 Å². The average Bonchev–Trinajstić information content (AvgIpc) is 2.65. The molecular formula is C22H33FN2O2. The first-order valence-electron chi connectivity index (χ1n) is 10.1. The summed E-state index contributed by atoms with van der Waals surface area (Å²) >= 11 is 0. The van der Waals surface area contributed by atoms with Gasteiger partial charge in [0.15, 0.2) is 0 Å². The van der Waals surface area contributed by atoms with E-state index in [2.05, 4.69) is 43.4 Å². The fourth-order valence-corrected chi connectivity index (χ4v) is 2.73. The Kier molecular flexibility index (Phi) is 12.7. The number of H-pyrrole nitrogens is 1. The molecule has 150 valence electrons. The Morgan fingerprint density at radius 3 is 2.19 bits per heavy atom. The number of aryl methyl sites for hydroxylation is 1. The van der Waals surface area contributed by atoms with Gasteiger partial charge in [0, 0.05) is 6.54 Å². The lowest BCUT2D eigenvalue weighted by atomic mass is 10.1. The molecule has 1 heterocycles. The zero-order valence-corrected chi connectivity index (χ0v) is 16.5. The summed E-state index contributed by atoms with van der Waals surface area (Å²) in [6, 6.07) is 0. The summed E-state index contributed by atoms with van der Waals surface area (Å²) in [6.45, 7) is 2.58. The molecule has 0 spiro atoms. The van der Waals surface area contributed by atoms with Crippen molar-refractivity contribution in [3.63, 3.8) is 0 Å². The third-order valence-corrected chi connectivity index (χ3v) is 4.27. The first-order valence-corrected chi connectivity index (χ1v) is 10.1. The summed E-state index contributed by atoms with van der Waals surface area (Å²) < 4.78 is 14.4. The summed E-state index contributed by atoms with van der Waals surface area (Å²) in [5, 5.41) is 0. The van der Waals surface area contributed by atoms with E-state index in [-0.39, 0.29) is 0 Å². The topological polar surface area (TPSA) is 54.9 Å². The smallest absolute Gasteiger partial charge is 0.298 e. The summed E-state index contributed by atoms with van der Waals surface area (Å²) in [5.41, 5.74) is -1.49. The van der Waals surface area contributed by atoms with Crippen molar-refractivity contribution < 1.29 is 4.39 Å². The van der Waals surface area contributed by atoms with Gasteiger partial charge in [0.2, 0.25) is 5.82 Å². The molecule has 0 aliphatic rings. The van der Waals surface area contributed by atoms with Crippen LogP contribution >= 0.6 is 0 Å². The van der Waals surface area contributed by atoms with Crippen LogP contribution in [0.1, 0.15) is 71.1 Å². The number of aromatic amines is 1. The van der Waals surface area contributed by atoms with Gasteiger partial charge in [0.25, 0.3) is 5.56 Å². The van der Waals surface area contributed by atoms with Gasteiger partial charge in [-0.1, -0.05) is 69.1 Å². The van der Waals surface area contributed by atoms with Crippen LogP contribution in [0.5, 0.6) is 0 Å². The van der Waals surface area contributed by atoms with Gasteiger partial charge < -0.3 is 0 Å². The Morgan fingerprint density at radius 2 is 1.48 bits per heavy atom. The predicted octanol–water partition coefficient (Wildman–Crippen LogP) is 5.27. The van der Waals surface area contributed by atoms with E-state index in [0.29, 0.717) is 6.54 Å². The molecule has 1 aromatic heterocycles. The number of hydrogen-bond acceptors (Lipinski definition) is 2. The zero-order valence-electron chi connectivity index (χ0n) is 16.5. The second-order valence-electron chi connectivity index (χ2n) is 6.63. The van der Waals surface area contributed by atoms with Crippen molar-refractivity contribution in [1.29, 1.82) is 0 Å². The van der Waals surface area contributed by atoms with Gasteiger partial charge in [-0.05, 0) is 38.5 Å². The number of nitrogens with one attached hydrogen (secondary N) is 1. The Bertz CT molecular complexity index is 714. The third kappa shape index (κ3) is 11.2. The molecule has 0 bridgehead atoms. The summed E-state index contributed by atoms with van der Waals surface area (Å²) in [7, 11) is 0. The molecule has 0 amide bonds. The number of nitrogens with zero attached hydrogens (tertiary/aromatic N) is 1. The van der Waals surface area contributed by atoms with Gasteiger partial charge in [-0.25, -0.2) is 4.79 Å². The molecule has 0 atom stereocenters. The highest BCUT2D eigenvalue weighted by Gasteiger charge is 2.02. The van der Waals surface area contributed by atoms with E-state index in [4.69, 9.17) is 0 Å². The maximum atomic E-state index is 13.2. The minimum absolute atomic E-state index is 0.441. The number of halogens is 1. The molecule has 0 aliphatic carbocycles. The van der Waals surface area contributed by atoms with E-state index >= 15 is 0 Å². The van der Waals surface area contributed by atoms with Crippen LogP contribution in [-0.4, -0.2) is 9.55 Å². The van der Waals surface area contributed by atoms with Gasteiger partial charge in [-0.3, -0.25) is 14.3 Å². The van der Waals surface area contributed by atoms with Crippen LogP contribution in [-0.2, 0) is 6.54 Å². The Morgan fingerprint density at radius 1 is 0.889 bits per heavy atom. The first-order chi connectivity index (χ1) is 13.1. The number of hydrogen-bond donors (Lipinski definition) is 1. The van der Waals surface area contributed by atoms with Crippen LogP contribution < -0.4 is 11.2 Å². The normalized spacial score (nSPS) is 12.1. The molecule has 1 N–H and O–H groups in total. The molecule has 4 nitrogen and oxygen atoms in total. The van der Waals surface area contributed by atoms with Crippen LogP contribution in [0.15, 0.2) is 52.2 Å². The number of rotatable bonds is 14. The molecule has 0 unspecified atom stereocenters. The lowest BCUT2D eigenvalue weighted by molar-refractivity contribution is 0.513. The van der Waals surface area contributed by atoms with Crippen molar-refractivity contribution >= 4 is 0 Å². The fourth-order valence-electron chi connectivity index (χ4n) is 2.73. The van der Waals surface area contributed by atoms with Crippen molar-refractivity contribution in [2.75, 3.05) is 0 Å². The van der Waals surface area contributed by atoms with Crippen LogP contribution in [0.4, 0.5) is 4.39 Å². The SMILES string of the molecule is CC/C=C\C/C=C\C/C=C\CCCCCCCCn1cc(F)c(=O)[nH]c1=O. The summed E-state index contributed by atoms with van der Waals surface area (Å²) in [4.78, 5) is 24.4. The molecule has 0 saturated heterocycles. The van der Waals surface area contributed by atoms with Gasteiger partial charge >= 0.3 is 5.69 Å². The molecular weight excluding hydrogens is 343 g/mol. The Hall–Kier alpha value is -2.17. The molecule has 0 fully saturated rings. The van der Waals surface area contributed by atoms with E-state index < -0.39 is 17.1 Å². The number of allylic oxidation sites excluding steroid dienone is 6. The Balaban J connectivity index is 1.98. The fraction of sp³-hybridized carbons (Fsp3) is 0.545. The van der Waals surface area contributed by atoms with Crippen molar-refractivity contribution in [1.82, 2.24) is 9.55 Å². The second kappa shape index (κ2) is 14.9. The lowest BCUT2D eigenvalue weighted by Gasteiger charge is -2.05. The quantitative estimate of drug-likeness (QED) is 0.355. The lowest BCUT2D eigenvalue weighted by Crippen LogP contribution is -2.31. The highest BCUT2D eigenvalue weighted by atomic mass is 19.1. The summed E-state index contributed by atoms with van der Waals surface area (Å²) in [6.07, 6.45) is 25.0. The largest absolute Gasteiger partial charge is 0.328 e. The van der Waals surface area contributed by atoms with E-state index in [1.807, 2.05) is 4.98 Å². The van der Waals surface area contributed by atoms with E-state index in [9.17, 15) is 14.0 Å². The third-order valence-electron chi connectivity index (χ3n) is 4.27. The minimum atomic E-state index is -0.953. The van der Waals surface area contributed by atoms with Crippen molar-refractivity contribution in [2.45, 2.75) is 77.7 Å². The van der Waals surface area contributed by atoms with E-state index in [0.717, 1.165) is 51.1 Å². The van der Waals surface area contributed by atoms with Crippen molar-refractivity contribution in [2.24, 2.45) is 0 Å². The van der Waals surface area contributed by atoms with Crippen LogP contribution in [0.3, 0.4) is 0 Å².